The van der Waals surface area contributed by atoms with Gasteiger partial charge in [0.1, 0.15) is 0 Å². The molecule has 0 aliphatic carbocycles. The van der Waals surface area contributed by atoms with Gasteiger partial charge in [0.05, 0.1) is 19.1 Å². The summed E-state index contributed by atoms with van der Waals surface area (Å²) in [5, 5.41) is 12.2. The first-order valence-corrected chi connectivity index (χ1v) is 4.30. The molecule has 0 aromatic heterocycles. The molecule has 2 unspecified atom stereocenters. The molecule has 2 rings (SSSR count). The van der Waals surface area contributed by atoms with Gasteiger partial charge in [0.2, 0.25) is 0 Å². The predicted molar refractivity (Wildman–Crippen MR) is 41.8 cm³/mol. The monoisotopic (exact) mass is 171 g/mol. The molecule has 0 spiro atoms. The second kappa shape index (κ2) is 3.03. The van der Waals surface area contributed by atoms with E-state index >= 15 is 0 Å². The summed E-state index contributed by atoms with van der Waals surface area (Å²) in [7, 11) is 0. The lowest BCUT2D eigenvalue weighted by atomic mass is 9.77. The van der Waals surface area contributed by atoms with Crippen molar-refractivity contribution < 1.29 is 14.6 Å². The van der Waals surface area contributed by atoms with Gasteiger partial charge in [0, 0.05) is 24.9 Å². The van der Waals surface area contributed by atoms with E-state index in [1.165, 1.54) is 0 Å². The van der Waals surface area contributed by atoms with Crippen molar-refractivity contribution in [2.75, 3.05) is 26.3 Å². The maximum atomic E-state index is 10.9. The summed E-state index contributed by atoms with van der Waals surface area (Å²) >= 11 is 0. The van der Waals surface area contributed by atoms with Crippen LogP contribution < -0.4 is 5.32 Å². The molecule has 0 radical (unpaired) electrons. The minimum atomic E-state index is -0.658. The predicted octanol–water partition coefficient (Wildman–Crippen LogP) is -0.447. The molecule has 0 amide bonds. The number of carboxylic acid groups (broad SMARTS) is 1. The fourth-order valence-electron chi connectivity index (χ4n) is 2.19. The van der Waals surface area contributed by atoms with Gasteiger partial charge in [-0.05, 0) is 0 Å². The first kappa shape index (κ1) is 8.01. The molecule has 4 heteroatoms. The fourth-order valence-corrected chi connectivity index (χ4v) is 2.19. The SMILES string of the molecule is O=C(O)C1C2CNCC1COC2. The van der Waals surface area contributed by atoms with E-state index in [1.54, 1.807) is 0 Å². The van der Waals surface area contributed by atoms with Crippen molar-refractivity contribution in [1.29, 1.82) is 0 Å². The summed E-state index contributed by atoms with van der Waals surface area (Å²) in [4.78, 5) is 10.9. The van der Waals surface area contributed by atoms with E-state index in [2.05, 4.69) is 5.32 Å². The number of ether oxygens (including phenoxy) is 1. The third kappa shape index (κ3) is 1.21. The highest BCUT2D eigenvalue weighted by atomic mass is 16.5. The van der Waals surface area contributed by atoms with Crippen LogP contribution in [0.15, 0.2) is 0 Å². The highest BCUT2D eigenvalue weighted by molar-refractivity contribution is 5.71. The molecule has 2 saturated heterocycles. The molecular formula is C8H13NO3. The van der Waals surface area contributed by atoms with E-state index in [-0.39, 0.29) is 17.8 Å². The second-order valence-electron chi connectivity index (χ2n) is 3.58. The van der Waals surface area contributed by atoms with Crippen LogP contribution >= 0.6 is 0 Å². The van der Waals surface area contributed by atoms with E-state index in [4.69, 9.17) is 9.84 Å². The van der Waals surface area contributed by atoms with E-state index in [9.17, 15) is 4.79 Å². The summed E-state index contributed by atoms with van der Waals surface area (Å²) in [6.07, 6.45) is 0. The van der Waals surface area contributed by atoms with E-state index < -0.39 is 5.97 Å². The number of aliphatic carboxylic acids is 1. The van der Waals surface area contributed by atoms with Gasteiger partial charge in [-0.2, -0.15) is 0 Å². The molecule has 2 aliphatic heterocycles. The normalized spacial score (nSPS) is 40.8. The van der Waals surface area contributed by atoms with Crippen LogP contribution in [0.2, 0.25) is 0 Å². The quantitative estimate of drug-likeness (QED) is 0.561. The molecule has 12 heavy (non-hydrogen) atoms. The van der Waals surface area contributed by atoms with Crippen LogP contribution in [0.1, 0.15) is 0 Å². The molecule has 0 aromatic carbocycles. The average Bonchev–Trinajstić information content (AvgIpc) is 2.02. The van der Waals surface area contributed by atoms with Crippen LogP contribution in [-0.2, 0) is 9.53 Å². The Kier molecular flexibility index (Phi) is 2.02. The molecule has 0 aromatic rings. The highest BCUT2D eigenvalue weighted by Gasteiger charge is 2.41. The largest absolute Gasteiger partial charge is 0.481 e. The Balaban J connectivity index is 2.13. The topological polar surface area (TPSA) is 58.6 Å². The van der Waals surface area contributed by atoms with Crippen molar-refractivity contribution in [3.8, 4) is 0 Å². The molecule has 0 saturated carbocycles. The summed E-state index contributed by atoms with van der Waals surface area (Å²) in [6.45, 7) is 2.77. The summed E-state index contributed by atoms with van der Waals surface area (Å²) < 4.78 is 5.31. The second-order valence-corrected chi connectivity index (χ2v) is 3.58. The van der Waals surface area contributed by atoms with Gasteiger partial charge in [-0.3, -0.25) is 4.79 Å². The van der Waals surface area contributed by atoms with E-state index in [0.29, 0.717) is 13.2 Å². The molecule has 2 fully saturated rings. The third-order valence-corrected chi connectivity index (χ3v) is 2.78. The van der Waals surface area contributed by atoms with Crippen LogP contribution in [0, 0.1) is 17.8 Å². The van der Waals surface area contributed by atoms with Crippen LogP contribution in [0.5, 0.6) is 0 Å². The zero-order valence-corrected chi connectivity index (χ0v) is 6.82. The van der Waals surface area contributed by atoms with Gasteiger partial charge in [0.25, 0.3) is 0 Å². The molecule has 2 bridgehead atoms. The lowest BCUT2D eigenvalue weighted by Crippen LogP contribution is -2.53. The number of hydrogen-bond acceptors (Lipinski definition) is 3. The zero-order chi connectivity index (χ0) is 8.55. The fraction of sp³-hybridized carbons (Fsp3) is 0.875. The summed E-state index contributed by atoms with van der Waals surface area (Å²) in [6, 6.07) is 0. The van der Waals surface area contributed by atoms with Crippen molar-refractivity contribution in [1.82, 2.24) is 5.32 Å². The highest BCUT2D eigenvalue weighted by Crippen LogP contribution is 2.29. The lowest BCUT2D eigenvalue weighted by molar-refractivity contribution is -0.155. The van der Waals surface area contributed by atoms with Crippen LogP contribution in [0.4, 0.5) is 0 Å². The maximum absolute atomic E-state index is 10.9. The van der Waals surface area contributed by atoms with Gasteiger partial charge in [-0.25, -0.2) is 0 Å². The van der Waals surface area contributed by atoms with E-state index in [1.807, 2.05) is 0 Å². The van der Waals surface area contributed by atoms with Crippen molar-refractivity contribution in [3.63, 3.8) is 0 Å². The minimum absolute atomic E-state index is 0.176. The minimum Gasteiger partial charge on any atom is -0.481 e. The molecule has 4 nitrogen and oxygen atoms in total. The van der Waals surface area contributed by atoms with E-state index in [0.717, 1.165) is 13.1 Å². The van der Waals surface area contributed by atoms with Gasteiger partial charge in [-0.1, -0.05) is 0 Å². The smallest absolute Gasteiger partial charge is 0.307 e. The van der Waals surface area contributed by atoms with Crippen LogP contribution in [0.3, 0.4) is 0 Å². The van der Waals surface area contributed by atoms with Crippen molar-refractivity contribution in [2.45, 2.75) is 0 Å². The standard InChI is InChI=1S/C8H13NO3/c10-8(11)7-5-1-9-2-6(7)4-12-3-5/h5-7,9H,1-4H2,(H,10,11). The molecule has 2 atom stereocenters. The van der Waals surface area contributed by atoms with Gasteiger partial charge < -0.3 is 15.2 Å². The Morgan fingerprint density at radius 1 is 1.33 bits per heavy atom. The number of rotatable bonds is 1. The molecule has 2 N–H and O–H groups in total. The van der Waals surface area contributed by atoms with Crippen LogP contribution in [-0.4, -0.2) is 37.4 Å². The molecule has 2 aliphatic rings. The van der Waals surface area contributed by atoms with Crippen molar-refractivity contribution in [3.05, 3.63) is 0 Å². The Morgan fingerprint density at radius 2 is 1.92 bits per heavy atom. The summed E-state index contributed by atoms with van der Waals surface area (Å²) in [5.41, 5.74) is 0. The first-order valence-electron chi connectivity index (χ1n) is 4.30. The third-order valence-electron chi connectivity index (χ3n) is 2.78. The Hall–Kier alpha value is -0.610. The Morgan fingerprint density at radius 3 is 2.33 bits per heavy atom. The summed E-state index contributed by atoms with van der Waals surface area (Å²) in [5.74, 6) is -0.486. The number of carboxylic acids is 1. The number of nitrogens with one attached hydrogen (secondary N) is 1. The number of fused-ring (bicyclic) bond motifs is 2. The average molecular weight is 171 g/mol. The Bertz CT molecular complexity index is 173. The van der Waals surface area contributed by atoms with Gasteiger partial charge in [0.15, 0.2) is 0 Å². The lowest BCUT2D eigenvalue weighted by Gasteiger charge is -2.40. The molecule has 68 valence electrons. The number of hydrogen-bond donors (Lipinski definition) is 2. The number of piperidine rings is 1. The first-order chi connectivity index (χ1) is 5.79. The van der Waals surface area contributed by atoms with Crippen LogP contribution in [0.25, 0.3) is 0 Å². The Labute approximate surface area is 70.9 Å². The zero-order valence-electron chi connectivity index (χ0n) is 6.82. The van der Waals surface area contributed by atoms with Gasteiger partial charge in [-0.15, -0.1) is 0 Å². The molecular weight excluding hydrogens is 158 g/mol. The van der Waals surface area contributed by atoms with Crippen molar-refractivity contribution in [2.24, 2.45) is 17.8 Å². The maximum Gasteiger partial charge on any atom is 0.307 e. The molecule has 2 heterocycles. The van der Waals surface area contributed by atoms with Gasteiger partial charge >= 0.3 is 5.97 Å². The number of carbonyl (C=O) groups is 1. The van der Waals surface area contributed by atoms with Crippen molar-refractivity contribution >= 4 is 5.97 Å².